The summed E-state index contributed by atoms with van der Waals surface area (Å²) < 4.78 is 12.5. The number of nitrogens with zero attached hydrogens (tertiary/aromatic N) is 5. The van der Waals surface area contributed by atoms with Gasteiger partial charge in [0.15, 0.2) is 0 Å². The molecule has 1 fully saturated rings. The lowest BCUT2D eigenvalue weighted by Gasteiger charge is -2.33. The van der Waals surface area contributed by atoms with Gasteiger partial charge in [-0.15, -0.1) is 0 Å². The van der Waals surface area contributed by atoms with Crippen molar-refractivity contribution in [3.63, 3.8) is 0 Å². The number of H-pyrrole nitrogens is 1. The molecule has 4 aromatic rings. The Labute approximate surface area is 173 Å². The molecule has 1 N–H and O–H groups in total. The van der Waals surface area contributed by atoms with E-state index < -0.39 is 0 Å². The summed E-state index contributed by atoms with van der Waals surface area (Å²) in [5, 5.41) is 5.07. The lowest BCUT2D eigenvalue weighted by atomic mass is 10.0. The number of nitrogens with one attached hydrogen (secondary N) is 1. The second kappa shape index (κ2) is 7.56. The van der Waals surface area contributed by atoms with Crippen LogP contribution in [0.2, 0.25) is 0 Å². The van der Waals surface area contributed by atoms with Crippen LogP contribution in [-0.4, -0.2) is 62.3 Å². The number of amides is 1. The van der Waals surface area contributed by atoms with E-state index in [4.69, 9.17) is 14.2 Å². The zero-order valence-electron chi connectivity index (χ0n) is 17.1. The third-order valence-electron chi connectivity index (χ3n) is 5.96. The smallest absolute Gasteiger partial charge is 0.248 e. The maximum atomic E-state index is 12.2. The Morgan fingerprint density at radius 3 is 2.93 bits per heavy atom. The fraction of sp³-hybridized carbons (Fsp3) is 0.429. The predicted molar refractivity (Wildman–Crippen MR) is 110 cm³/mol. The first kappa shape index (κ1) is 18.8. The number of fused-ring (bicyclic) bond motifs is 3. The third kappa shape index (κ3) is 3.15. The molecule has 1 saturated heterocycles. The molecule has 4 aromatic heterocycles. The van der Waals surface area contributed by atoms with Crippen LogP contribution in [0.1, 0.15) is 36.0 Å². The van der Waals surface area contributed by atoms with Crippen molar-refractivity contribution in [2.45, 2.75) is 32.2 Å². The molecule has 0 spiro atoms. The number of likely N-dealkylation sites (tertiary alicyclic amines) is 1. The minimum absolute atomic E-state index is 0.0454. The van der Waals surface area contributed by atoms with Crippen molar-refractivity contribution in [2.24, 2.45) is 0 Å². The van der Waals surface area contributed by atoms with Gasteiger partial charge in [-0.1, -0.05) is 5.16 Å². The van der Waals surface area contributed by atoms with Crippen LogP contribution < -0.4 is 0 Å². The Balaban J connectivity index is 1.55. The van der Waals surface area contributed by atoms with Crippen LogP contribution in [-0.2, 0) is 16.0 Å². The van der Waals surface area contributed by atoms with E-state index in [-0.39, 0.29) is 18.6 Å². The first-order chi connectivity index (χ1) is 14.7. The van der Waals surface area contributed by atoms with Crippen molar-refractivity contribution < 1.29 is 14.1 Å². The van der Waals surface area contributed by atoms with Gasteiger partial charge in [-0.25, -0.2) is 9.97 Å². The van der Waals surface area contributed by atoms with Crippen LogP contribution in [0.15, 0.2) is 29.2 Å². The van der Waals surface area contributed by atoms with E-state index in [2.05, 4.69) is 25.8 Å². The van der Waals surface area contributed by atoms with Gasteiger partial charge in [-0.05, 0) is 25.8 Å². The number of piperidine rings is 1. The number of aromatic amines is 1. The topological polar surface area (TPSA) is 102 Å². The van der Waals surface area contributed by atoms with Crippen LogP contribution in [0.5, 0.6) is 0 Å². The van der Waals surface area contributed by atoms with Crippen molar-refractivity contribution in [3.8, 4) is 0 Å². The van der Waals surface area contributed by atoms with Crippen molar-refractivity contribution in [1.82, 2.24) is 29.6 Å². The lowest BCUT2D eigenvalue weighted by molar-refractivity contribution is -0.136. The molecule has 9 heteroatoms. The highest BCUT2D eigenvalue weighted by Gasteiger charge is 2.28. The maximum Gasteiger partial charge on any atom is 0.248 e. The number of aromatic nitrogens is 5. The number of aryl methyl sites for hydroxylation is 1. The lowest BCUT2D eigenvalue weighted by Crippen LogP contribution is -2.41. The van der Waals surface area contributed by atoms with E-state index in [1.54, 1.807) is 13.4 Å². The number of hydrogen-bond acceptors (Lipinski definition) is 6. The second-order valence-electron chi connectivity index (χ2n) is 7.78. The van der Waals surface area contributed by atoms with Gasteiger partial charge in [0, 0.05) is 49.8 Å². The largest absolute Gasteiger partial charge is 0.375 e. The third-order valence-corrected chi connectivity index (χ3v) is 5.96. The summed E-state index contributed by atoms with van der Waals surface area (Å²) in [5.41, 5.74) is 4.72. The molecule has 0 bridgehead atoms. The summed E-state index contributed by atoms with van der Waals surface area (Å²) in [6, 6.07) is 2.30. The van der Waals surface area contributed by atoms with Gasteiger partial charge in [0.1, 0.15) is 29.9 Å². The number of rotatable bonds is 5. The van der Waals surface area contributed by atoms with E-state index >= 15 is 0 Å². The minimum atomic E-state index is 0.0454. The molecule has 1 aliphatic heterocycles. The molecule has 0 aliphatic carbocycles. The van der Waals surface area contributed by atoms with Gasteiger partial charge in [-0.3, -0.25) is 4.79 Å². The van der Waals surface area contributed by atoms with Crippen molar-refractivity contribution in [1.29, 1.82) is 0 Å². The fourth-order valence-electron chi connectivity index (χ4n) is 4.40. The van der Waals surface area contributed by atoms with Gasteiger partial charge in [0.25, 0.3) is 0 Å². The van der Waals surface area contributed by atoms with Gasteiger partial charge >= 0.3 is 0 Å². The van der Waals surface area contributed by atoms with Crippen LogP contribution in [0.25, 0.3) is 22.1 Å². The van der Waals surface area contributed by atoms with Crippen molar-refractivity contribution >= 4 is 28.0 Å². The average Bonchev–Trinajstić information content (AvgIpc) is 3.46. The Kier molecular flexibility index (Phi) is 4.74. The highest BCUT2D eigenvalue weighted by Crippen LogP contribution is 2.33. The van der Waals surface area contributed by atoms with Gasteiger partial charge in [0.05, 0.1) is 17.4 Å². The zero-order valence-corrected chi connectivity index (χ0v) is 17.1. The average molecular weight is 408 g/mol. The Morgan fingerprint density at radius 1 is 1.37 bits per heavy atom. The van der Waals surface area contributed by atoms with E-state index in [0.29, 0.717) is 19.5 Å². The van der Waals surface area contributed by atoms with E-state index in [9.17, 15) is 4.79 Å². The highest BCUT2D eigenvalue weighted by atomic mass is 16.5. The Morgan fingerprint density at radius 2 is 2.20 bits per heavy atom. The summed E-state index contributed by atoms with van der Waals surface area (Å²) in [5.74, 6) is 1.01. The zero-order chi connectivity index (χ0) is 20.7. The molecule has 0 saturated carbocycles. The quantitative estimate of drug-likeness (QED) is 0.545. The van der Waals surface area contributed by atoms with E-state index in [1.165, 1.54) is 0 Å². The first-order valence-electron chi connectivity index (χ1n) is 10.1. The molecule has 156 valence electrons. The molecule has 0 aromatic carbocycles. The second-order valence-corrected chi connectivity index (χ2v) is 7.78. The standard InChI is InChI=1S/C21H24N6O3/c1-13-14(11-30-25-13)9-18-24-17-10-23-21-16(3-6-22-21)20(17)27(18)15-4-7-26(8-5-15)19(28)12-29-2/h3,6,10-11,15H,4-5,7-9,12H2,1-2H3,(H,22,23). The van der Waals surface area contributed by atoms with Crippen LogP contribution in [0.4, 0.5) is 0 Å². The Hall–Kier alpha value is -3.20. The SMILES string of the molecule is COCC(=O)N1CCC(n2c(Cc3conc3C)nc3cnc4[nH]ccc4c32)CC1. The fourth-order valence-corrected chi connectivity index (χ4v) is 4.40. The minimum Gasteiger partial charge on any atom is -0.375 e. The maximum absolute atomic E-state index is 12.2. The van der Waals surface area contributed by atoms with E-state index in [1.807, 2.05) is 24.2 Å². The number of hydrogen-bond donors (Lipinski definition) is 1. The predicted octanol–water partition coefficient (Wildman–Crippen LogP) is 2.61. The molecule has 0 unspecified atom stereocenters. The number of pyridine rings is 1. The number of carbonyl (C=O) groups excluding carboxylic acids is 1. The van der Waals surface area contributed by atoms with Crippen molar-refractivity contribution in [3.05, 3.63) is 41.8 Å². The first-order valence-corrected chi connectivity index (χ1v) is 10.1. The molecule has 1 amide bonds. The molecular weight excluding hydrogens is 384 g/mol. The molecule has 5 heterocycles. The highest BCUT2D eigenvalue weighted by molar-refractivity contribution is 6.01. The molecule has 1 aliphatic rings. The summed E-state index contributed by atoms with van der Waals surface area (Å²) in [6.07, 6.45) is 7.79. The number of carbonyl (C=O) groups is 1. The van der Waals surface area contributed by atoms with Gasteiger partial charge < -0.3 is 23.7 Å². The summed E-state index contributed by atoms with van der Waals surface area (Å²) >= 11 is 0. The monoisotopic (exact) mass is 408 g/mol. The molecule has 9 nitrogen and oxygen atoms in total. The number of methoxy groups -OCH3 is 1. The molecule has 0 radical (unpaired) electrons. The van der Waals surface area contributed by atoms with E-state index in [0.717, 1.165) is 52.0 Å². The summed E-state index contributed by atoms with van der Waals surface area (Å²) in [7, 11) is 1.55. The summed E-state index contributed by atoms with van der Waals surface area (Å²) in [4.78, 5) is 26.7. The van der Waals surface area contributed by atoms with Crippen molar-refractivity contribution in [2.75, 3.05) is 26.8 Å². The number of ether oxygens (including phenoxy) is 1. The van der Waals surface area contributed by atoms with Gasteiger partial charge in [0.2, 0.25) is 5.91 Å². The molecule has 0 atom stereocenters. The van der Waals surface area contributed by atoms with Gasteiger partial charge in [-0.2, -0.15) is 0 Å². The molecule has 30 heavy (non-hydrogen) atoms. The number of imidazole rings is 1. The molecular formula is C21H24N6O3. The molecule has 5 rings (SSSR count). The summed E-state index contributed by atoms with van der Waals surface area (Å²) in [6.45, 7) is 3.49. The van der Waals surface area contributed by atoms with Crippen LogP contribution in [0, 0.1) is 6.92 Å². The normalized spacial score (nSPS) is 15.5. The van der Waals surface area contributed by atoms with Crippen LogP contribution in [0.3, 0.4) is 0 Å². The van der Waals surface area contributed by atoms with Crippen LogP contribution >= 0.6 is 0 Å². The Bertz CT molecular complexity index is 1200.